The molecule has 1 unspecified atom stereocenters. The number of anilines is 1. The molecule has 2 N–H and O–H groups in total. The number of fused-ring (bicyclic) bond motifs is 1. The van der Waals surface area contributed by atoms with Gasteiger partial charge in [-0.15, -0.1) is 12.3 Å². The minimum absolute atomic E-state index is 0.107. The number of terminal acetylenes is 1. The Morgan fingerprint density at radius 2 is 2.42 bits per heavy atom. The van der Waals surface area contributed by atoms with Crippen LogP contribution in [-0.4, -0.2) is 25.6 Å². The Morgan fingerprint density at radius 1 is 1.63 bits per heavy atom. The van der Waals surface area contributed by atoms with E-state index in [4.69, 9.17) is 16.9 Å². The zero-order valence-corrected chi connectivity index (χ0v) is 11.1. The molecule has 0 aromatic heterocycles. The predicted molar refractivity (Wildman–Crippen MR) is 75.1 cm³/mol. The summed E-state index contributed by atoms with van der Waals surface area (Å²) in [4.78, 5) is 14.0. The van der Waals surface area contributed by atoms with Crippen molar-refractivity contribution in [1.82, 2.24) is 0 Å². The first-order chi connectivity index (χ1) is 9.17. The highest BCUT2D eigenvalue weighted by molar-refractivity contribution is 5.98. The molecule has 0 saturated carbocycles. The van der Waals surface area contributed by atoms with E-state index in [1.54, 1.807) is 12.0 Å². The summed E-state index contributed by atoms with van der Waals surface area (Å²) in [6.07, 6.45) is 7.35. The van der Waals surface area contributed by atoms with Crippen molar-refractivity contribution in [3.05, 3.63) is 23.8 Å². The summed E-state index contributed by atoms with van der Waals surface area (Å²) in [5.74, 6) is 3.14. The van der Waals surface area contributed by atoms with Gasteiger partial charge in [-0.1, -0.05) is 0 Å². The number of nitrogens with zero attached hydrogens (tertiary/aromatic N) is 1. The van der Waals surface area contributed by atoms with Gasteiger partial charge in [-0.05, 0) is 36.6 Å². The summed E-state index contributed by atoms with van der Waals surface area (Å²) in [6.45, 7) is 0.691. The van der Waals surface area contributed by atoms with E-state index >= 15 is 0 Å². The van der Waals surface area contributed by atoms with Gasteiger partial charge < -0.3 is 15.4 Å². The highest BCUT2D eigenvalue weighted by Gasteiger charge is 2.26. The molecule has 1 amide bonds. The highest BCUT2D eigenvalue weighted by atomic mass is 16.5. The fourth-order valence-electron chi connectivity index (χ4n) is 2.34. The van der Waals surface area contributed by atoms with Crippen LogP contribution in [0.2, 0.25) is 0 Å². The van der Waals surface area contributed by atoms with Crippen molar-refractivity contribution >= 4 is 11.6 Å². The second-order valence-corrected chi connectivity index (χ2v) is 4.60. The standard InChI is InChI=1S/C15H18N2O2/c1-3-5-13(16)15(18)17-9-4-6-11-10-12(19-2)7-8-14(11)17/h1,7-8,10,13H,4-6,9,16H2,2H3. The Morgan fingerprint density at radius 3 is 3.11 bits per heavy atom. The van der Waals surface area contributed by atoms with Gasteiger partial charge in [0.05, 0.1) is 13.2 Å². The Kier molecular flexibility index (Phi) is 4.08. The molecule has 0 radical (unpaired) electrons. The highest BCUT2D eigenvalue weighted by Crippen LogP contribution is 2.30. The van der Waals surface area contributed by atoms with Gasteiger partial charge in [0.25, 0.3) is 0 Å². The SMILES string of the molecule is C#CCC(N)C(=O)N1CCCc2cc(OC)ccc21. The van der Waals surface area contributed by atoms with Crippen LogP contribution < -0.4 is 15.4 Å². The molecule has 0 saturated heterocycles. The van der Waals surface area contributed by atoms with Crippen LogP contribution in [0.3, 0.4) is 0 Å². The normalized spacial score (nSPS) is 15.3. The van der Waals surface area contributed by atoms with Crippen LogP contribution in [0.1, 0.15) is 18.4 Å². The van der Waals surface area contributed by atoms with E-state index in [9.17, 15) is 4.79 Å². The van der Waals surface area contributed by atoms with Gasteiger partial charge in [-0.3, -0.25) is 4.79 Å². The Labute approximate surface area is 113 Å². The zero-order chi connectivity index (χ0) is 13.8. The first-order valence-corrected chi connectivity index (χ1v) is 6.34. The van der Waals surface area contributed by atoms with Crippen LogP contribution in [0.15, 0.2) is 18.2 Å². The third-order valence-corrected chi connectivity index (χ3v) is 3.33. The van der Waals surface area contributed by atoms with Crippen molar-refractivity contribution in [2.45, 2.75) is 25.3 Å². The Hall–Kier alpha value is -1.99. The van der Waals surface area contributed by atoms with Crippen LogP contribution in [0.5, 0.6) is 5.75 Å². The molecule has 0 bridgehead atoms. The molecule has 1 atom stereocenters. The van der Waals surface area contributed by atoms with Crippen molar-refractivity contribution in [2.24, 2.45) is 5.73 Å². The van der Waals surface area contributed by atoms with Gasteiger partial charge in [0, 0.05) is 18.7 Å². The number of amides is 1. The fraction of sp³-hybridized carbons (Fsp3) is 0.400. The Balaban J connectivity index is 2.27. The molecular weight excluding hydrogens is 240 g/mol. The second kappa shape index (κ2) is 5.77. The number of ether oxygens (including phenoxy) is 1. The van der Waals surface area contributed by atoms with E-state index in [0.717, 1.165) is 29.8 Å². The molecule has 4 nitrogen and oxygen atoms in total. The third-order valence-electron chi connectivity index (χ3n) is 3.33. The van der Waals surface area contributed by atoms with Gasteiger partial charge in [0.2, 0.25) is 5.91 Å². The number of methoxy groups -OCH3 is 1. The topological polar surface area (TPSA) is 55.6 Å². The molecule has 1 heterocycles. The van der Waals surface area contributed by atoms with E-state index < -0.39 is 6.04 Å². The lowest BCUT2D eigenvalue weighted by Crippen LogP contribution is -2.45. The number of carbonyl (C=O) groups excluding carboxylic acids is 1. The molecule has 19 heavy (non-hydrogen) atoms. The molecule has 0 aliphatic carbocycles. The maximum absolute atomic E-state index is 12.3. The monoisotopic (exact) mass is 258 g/mol. The zero-order valence-electron chi connectivity index (χ0n) is 11.1. The van der Waals surface area contributed by atoms with E-state index in [-0.39, 0.29) is 12.3 Å². The van der Waals surface area contributed by atoms with Crippen LogP contribution in [0.4, 0.5) is 5.69 Å². The summed E-state index contributed by atoms with van der Waals surface area (Å²) in [5.41, 5.74) is 7.85. The maximum Gasteiger partial charge on any atom is 0.244 e. The van der Waals surface area contributed by atoms with E-state index in [2.05, 4.69) is 5.92 Å². The van der Waals surface area contributed by atoms with Crippen molar-refractivity contribution < 1.29 is 9.53 Å². The molecule has 1 aliphatic rings. The van der Waals surface area contributed by atoms with E-state index in [1.165, 1.54) is 0 Å². The van der Waals surface area contributed by atoms with Crippen molar-refractivity contribution in [3.63, 3.8) is 0 Å². The summed E-state index contributed by atoms with van der Waals surface area (Å²) in [5, 5.41) is 0. The van der Waals surface area contributed by atoms with E-state index in [1.807, 2.05) is 18.2 Å². The number of benzene rings is 1. The lowest BCUT2D eigenvalue weighted by molar-refractivity contribution is -0.119. The Bertz CT molecular complexity index is 519. The lowest BCUT2D eigenvalue weighted by atomic mass is 10.00. The largest absolute Gasteiger partial charge is 0.497 e. The minimum Gasteiger partial charge on any atom is -0.497 e. The van der Waals surface area contributed by atoms with Gasteiger partial charge in [-0.2, -0.15) is 0 Å². The van der Waals surface area contributed by atoms with Crippen LogP contribution in [0, 0.1) is 12.3 Å². The van der Waals surface area contributed by atoms with Gasteiger partial charge in [0.15, 0.2) is 0 Å². The van der Waals surface area contributed by atoms with Crippen molar-refractivity contribution in [2.75, 3.05) is 18.6 Å². The molecule has 0 spiro atoms. The number of hydrogen-bond donors (Lipinski definition) is 1. The number of rotatable bonds is 3. The predicted octanol–water partition coefficient (Wildman–Crippen LogP) is 1.32. The van der Waals surface area contributed by atoms with Crippen molar-refractivity contribution in [3.8, 4) is 18.1 Å². The first kappa shape index (κ1) is 13.4. The smallest absolute Gasteiger partial charge is 0.244 e. The van der Waals surface area contributed by atoms with Crippen LogP contribution >= 0.6 is 0 Å². The minimum atomic E-state index is -0.627. The summed E-state index contributed by atoms with van der Waals surface area (Å²) < 4.78 is 5.21. The molecule has 2 rings (SSSR count). The summed E-state index contributed by atoms with van der Waals surface area (Å²) in [6, 6.07) is 5.12. The summed E-state index contributed by atoms with van der Waals surface area (Å²) in [7, 11) is 1.64. The quantitative estimate of drug-likeness (QED) is 0.832. The molecule has 1 aromatic carbocycles. The molecule has 4 heteroatoms. The average Bonchev–Trinajstić information content (AvgIpc) is 2.45. The molecule has 100 valence electrons. The third kappa shape index (κ3) is 2.72. The summed E-state index contributed by atoms with van der Waals surface area (Å²) >= 11 is 0. The molecule has 1 aliphatic heterocycles. The number of nitrogens with two attached hydrogens (primary N) is 1. The number of aryl methyl sites for hydroxylation is 1. The maximum atomic E-state index is 12.3. The van der Waals surface area contributed by atoms with Gasteiger partial charge in [-0.25, -0.2) is 0 Å². The molecule has 1 aromatic rings. The molecular formula is C15H18N2O2. The fourth-order valence-corrected chi connectivity index (χ4v) is 2.34. The number of carbonyl (C=O) groups is 1. The van der Waals surface area contributed by atoms with Crippen LogP contribution in [-0.2, 0) is 11.2 Å². The van der Waals surface area contributed by atoms with E-state index in [0.29, 0.717) is 6.54 Å². The molecule has 0 fully saturated rings. The average molecular weight is 258 g/mol. The van der Waals surface area contributed by atoms with Crippen LogP contribution in [0.25, 0.3) is 0 Å². The lowest BCUT2D eigenvalue weighted by Gasteiger charge is -2.31. The van der Waals surface area contributed by atoms with Gasteiger partial charge >= 0.3 is 0 Å². The second-order valence-electron chi connectivity index (χ2n) is 4.60. The van der Waals surface area contributed by atoms with Gasteiger partial charge in [0.1, 0.15) is 5.75 Å². The van der Waals surface area contributed by atoms with Crippen molar-refractivity contribution in [1.29, 1.82) is 0 Å². The number of hydrogen-bond acceptors (Lipinski definition) is 3. The first-order valence-electron chi connectivity index (χ1n) is 6.34.